The van der Waals surface area contributed by atoms with Crippen molar-refractivity contribution in [1.82, 2.24) is 4.98 Å². The Morgan fingerprint density at radius 3 is 2.50 bits per heavy atom. The highest BCUT2D eigenvalue weighted by atomic mass is 32.1. The molecular formula is C15H14N2S. The number of thiazole rings is 1. The fraction of sp³-hybridized carbons (Fsp3) is 0.133. The van der Waals surface area contributed by atoms with Gasteiger partial charge in [0.2, 0.25) is 0 Å². The average Bonchev–Trinajstić information content (AvgIpc) is 2.84. The van der Waals surface area contributed by atoms with Crippen molar-refractivity contribution in [2.75, 3.05) is 0 Å². The molecule has 0 spiro atoms. The first-order valence-corrected chi connectivity index (χ1v) is 6.79. The van der Waals surface area contributed by atoms with Gasteiger partial charge in [-0.1, -0.05) is 42.5 Å². The lowest BCUT2D eigenvalue weighted by Crippen LogP contribution is -2.12. The molecule has 1 atom stereocenters. The second kappa shape index (κ2) is 4.88. The maximum absolute atomic E-state index is 6.24. The summed E-state index contributed by atoms with van der Waals surface area (Å²) in [6, 6.07) is 18.5. The maximum Gasteiger partial charge on any atom is 0.111 e. The van der Waals surface area contributed by atoms with Gasteiger partial charge in [-0.15, -0.1) is 11.3 Å². The normalized spacial score (nSPS) is 12.7. The first-order chi connectivity index (χ1) is 8.83. The zero-order chi connectivity index (χ0) is 12.4. The Hall–Kier alpha value is -1.71. The molecule has 2 aromatic carbocycles. The van der Waals surface area contributed by atoms with Crippen molar-refractivity contribution in [2.24, 2.45) is 5.73 Å². The van der Waals surface area contributed by atoms with Crippen LogP contribution in [0.4, 0.5) is 0 Å². The number of rotatable bonds is 3. The van der Waals surface area contributed by atoms with Crippen LogP contribution < -0.4 is 5.73 Å². The largest absolute Gasteiger partial charge is 0.322 e. The van der Waals surface area contributed by atoms with Crippen molar-refractivity contribution in [1.29, 1.82) is 0 Å². The van der Waals surface area contributed by atoms with E-state index in [1.165, 1.54) is 10.3 Å². The van der Waals surface area contributed by atoms with Gasteiger partial charge in [0.05, 0.1) is 16.3 Å². The Balaban J connectivity index is 1.86. The fourth-order valence-electron chi connectivity index (χ4n) is 2.00. The topological polar surface area (TPSA) is 38.9 Å². The van der Waals surface area contributed by atoms with Gasteiger partial charge in [-0.25, -0.2) is 4.98 Å². The van der Waals surface area contributed by atoms with Crippen molar-refractivity contribution in [2.45, 2.75) is 12.5 Å². The zero-order valence-corrected chi connectivity index (χ0v) is 10.7. The molecule has 0 aliphatic carbocycles. The van der Waals surface area contributed by atoms with E-state index in [1.54, 1.807) is 11.3 Å². The van der Waals surface area contributed by atoms with Crippen LogP contribution in [0.15, 0.2) is 54.6 Å². The van der Waals surface area contributed by atoms with E-state index in [2.05, 4.69) is 23.2 Å². The molecule has 0 radical (unpaired) electrons. The average molecular weight is 254 g/mol. The minimum atomic E-state index is -0.0233. The summed E-state index contributed by atoms with van der Waals surface area (Å²) in [5, 5.41) is 1.01. The van der Waals surface area contributed by atoms with E-state index in [1.807, 2.05) is 36.4 Å². The summed E-state index contributed by atoms with van der Waals surface area (Å²) >= 11 is 1.69. The van der Waals surface area contributed by atoms with Gasteiger partial charge < -0.3 is 5.73 Å². The highest BCUT2D eigenvalue weighted by Crippen LogP contribution is 2.26. The van der Waals surface area contributed by atoms with Crippen LogP contribution in [0.2, 0.25) is 0 Å². The predicted octanol–water partition coefficient (Wildman–Crippen LogP) is 3.54. The number of para-hydroxylation sites is 1. The van der Waals surface area contributed by atoms with Gasteiger partial charge in [-0.2, -0.15) is 0 Å². The highest BCUT2D eigenvalue weighted by molar-refractivity contribution is 7.18. The predicted molar refractivity (Wildman–Crippen MR) is 76.7 cm³/mol. The molecule has 90 valence electrons. The van der Waals surface area contributed by atoms with E-state index in [0.29, 0.717) is 0 Å². The highest BCUT2D eigenvalue weighted by Gasteiger charge is 2.12. The van der Waals surface area contributed by atoms with Gasteiger partial charge >= 0.3 is 0 Å². The monoisotopic (exact) mass is 254 g/mol. The molecular weight excluding hydrogens is 240 g/mol. The minimum Gasteiger partial charge on any atom is -0.322 e. The summed E-state index contributed by atoms with van der Waals surface area (Å²) in [5.74, 6) is 0. The van der Waals surface area contributed by atoms with E-state index in [0.717, 1.165) is 16.9 Å². The molecule has 2 nitrogen and oxygen atoms in total. The third kappa shape index (κ3) is 2.28. The molecule has 18 heavy (non-hydrogen) atoms. The van der Waals surface area contributed by atoms with Gasteiger partial charge in [0.15, 0.2) is 0 Å². The maximum atomic E-state index is 6.24. The zero-order valence-electron chi connectivity index (χ0n) is 9.91. The molecule has 1 aromatic heterocycles. The van der Waals surface area contributed by atoms with Crippen LogP contribution in [0.3, 0.4) is 0 Å². The Kier molecular flexibility index (Phi) is 3.09. The standard InChI is InChI=1S/C15H14N2S/c16-12(10-11-6-2-1-3-7-11)15-17-13-8-4-5-9-14(13)18-15/h1-9,12H,10,16H2/t12-/m0/s1. The molecule has 3 rings (SSSR count). The second-order valence-corrected chi connectivity index (χ2v) is 5.38. The quantitative estimate of drug-likeness (QED) is 0.776. The van der Waals surface area contributed by atoms with Gasteiger partial charge in [-0.05, 0) is 24.1 Å². The number of benzene rings is 2. The molecule has 0 saturated heterocycles. The van der Waals surface area contributed by atoms with E-state index in [-0.39, 0.29) is 6.04 Å². The molecule has 0 saturated carbocycles. The van der Waals surface area contributed by atoms with Crippen LogP contribution >= 0.6 is 11.3 Å². The van der Waals surface area contributed by atoms with E-state index >= 15 is 0 Å². The molecule has 0 bridgehead atoms. The Morgan fingerprint density at radius 2 is 1.72 bits per heavy atom. The minimum absolute atomic E-state index is 0.0233. The Labute approximate surface area is 110 Å². The summed E-state index contributed by atoms with van der Waals surface area (Å²) in [6.07, 6.45) is 0.834. The van der Waals surface area contributed by atoms with Gasteiger partial charge in [0.1, 0.15) is 5.01 Å². The van der Waals surface area contributed by atoms with Crippen LogP contribution in [-0.2, 0) is 6.42 Å². The third-order valence-corrected chi connectivity index (χ3v) is 4.09. The molecule has 0 aliphatic heterocycles. The first-order valence-electron chi connectivity index (χ1n) is 5.98. The lowest BCUT2D eigenvalue weighted by Gasteiger charge is -2.07. The number of nitrogens with two attached hydrogens (primary N) is 1. The number of hydrogen-bond acceptors (Lipinski definition) is 3. The molecule has 1 heterocycles. The lowest BCUT2D eigenvalue weighted by atomic mass is 10.1. The smallest absolute Gasteiger partial charge is 0.111 e. The summed E-state index contributed by atoms with van der Waals surface area (Å²) < 4.78 is 1.20. The van der Waals surface area contributed by atoms with E-state index < -0.39 is 0 Å². The van der Waals surface area contributed by atoms with Crippen molar-refractivity contribution in [3.63, 3.8) is 0 Å². The molecule has 2 N–H and O–H groups in total. The van der Waals surface area contributed by atoms with Crippen molar-refractivity contribution < 1.29 is 0 Å². The summed E-state index contributed by atoms with van der Waals surface area (Å²) in [5.41, 5.74) is 8.54. The lowest BCUT2D eigenvalue weighted by molar-refractivity contribution is 0.717. The van der Waals surface area contributed by atoms with Gasteiger partial charge in [0, 0.05) is 0 Å². The van der Waals surface area contributed by atoms with Crippen molar-refractivity contribution in [3.05, 3.63) is 65.2 Å². The molecule has 0 aliphatic rings. The summed E-state index contributed by atoms with van der Waals surface area (Å²) in [6.45, 7) is 0. The number of hydrogen-bond donors (Lipinski definition) is 1. The van der Waals surface area contributed by atoms with E-state index in [4.69, 9.17) is 5.73 Å². The molecule has 3 aromatic rings. The fourth-order valence-corrected chi connectivity index (χ4v) is 2.97. The molecule has 3 heteroatoms. The van der Waals surface area contributed by atoms with Crippen molar-refractivity contribution >= 4 is 21.6 Å². The number of aromatic nitrogens is 1. The van der Waals surface area contributed by atoms with Crippen LogP contribution in [0.5, 0.6) is 0 Å². The molecule has 0 amide bonds. The Morgan fingerprint density at radius 1 is 1.00 bits per heavy atom. The van der Waals surface area contributed by atoms with Crippen LogP contribution in [0.25, 0.3) is 10.2 Å². The van der Waals surface area contributed by atoms with Crippen molar-refractivity contribution in [3.8, 4) is 0 Å². The molecule has 0 fully saturated rings. The first kappa shape index (κ1) is 11.4. The third-order valence-electron chi connectivity index (χ3n) is 2.93. The van der Waals surface area contributed by atoms with Crippen LogP contribution in [0.1, 0.15) is 16.6 Å². The second-order valence-electron chi connectivity index (χ2n) is 4.32. The molecule has 0 unspecified atom stereocenters. The van der Waals surface area contributed by atoms with Gasteiger partial charge in [0.25, 0.3) is 0 Å². The summed E-state index contributed by atoms with van der Waals surface area (Å²) in [4.78, 5) is 4.60. The number of nitrogens with zero attached hydrogens (tertiary/aromatic N) is 1. The Bertz CT molecular complexity index is 613. The van der Waals surface area contributed by atoms with Crippen LogP contribution in [-0.4, -0.2) is 4.98 Å². The SMILES string of the molecule is N[C@@H](Cc1ccccc1)c1nc2ccccc2s1. The summed E-state index contributed by atoms with van der Waals surface area (Å²) in [7, 11) is 0. The van der Waals surface area contributed by atoms with Gasteiger partial charge in [-0.3, -0.25) is 0 Å². The number of fused-ring (bicyclic) bond motifs is 1. The van der Waals surface area contributed by atoms with Crippen LogP contribution in [0, 0.1) is 0 Å². The van der Waals surface area contributed by atoms with E-state index in [9.17, 15) is 0 Å².